The lowest BCUT2D eigenvalue weighted by Crippen LogP contribution is -2.04. The number of aromatic nitrogens is 2. The van der Waals surface area contributed by atoms with Gasteiger partial charge in [-0.05, 0) is 25.1 Å². The molecule has 2 rings (SSSR count). The zero-order valence-electron chi connectivity index (χ0n) is 9.90. The van der Waals surface area contributed by atoms with Crippen molar-refractivity contribution in [2.75, 3.05) is 5.73 Å². The molecule has 0 aliphatic carbocycles. The van der Waals surface area contributed by atoms with Crippen LogP contribution in [0.3, 0.4) is 0 Å². The van der Waals surface area contributed by atoms with E-state index in [2.05, 4.69) is 9.97 Å². The zero-order chi connectivity index (χ0) is 14.0. The largest absolute Gasteiger partial charge is 0.439 e. The van der Waals surface area contributed by atoms with E-state index in [9.17, 15) is 13.2 Å². The summed E-state index contributed by atoms with van der Waals surface area (Å²) in [5, 5.41) is 0. The van der Waals surface area contributed by atoms with E-state index in [0.29, 0.717) is 5.82 Å². The molecule has 0 aliphatic rings. The van der Waals surface area contributed by atoms with E-state index in [1.807, 2.05) is 0 Å². The number of halogens is 3. The Bertz CT molecular complexity index is 579. The molecular weight excluding hydrogens is 259 g/mol. The summed E-state index contributed by atoms with van der Waals surface area (Å²) in [4.78, 5) is 7.77. The van der Waals surface area contributed by atoms with Gasteiger partial charge >= 0.3 is 6.18 Å². The first-order chi connectivity index (χ1) is 8.84. The lowest BCUT2D eigenvalue weighted by atomic mass is 10.2. The molecule has 0 amide bonds. The van der Waals surface area contributed by atoms with E-state index in [0.717, 1.165) is 12.1 Å². The van der Waals surface area contributed by atoms with E-state index in [-0.39, 0.29) is 17.4 Å². The molecule has 0 unspecified atom stereocenters. The van der Waals surface area contributed by atoms with Crippen LogP contribution in [-0.4, -0.2) is 9.97 Å². The normalized spacial score (nSPS) is 11.4. The molecule has 0 atom stereocenters. The first-order valence-corrected chi connectivity index (χ1v) is 5.31. The maximum absolute atomic E-state index is 12.5. The van der Waals surface area contributed by atoms with E-state index in [4.69, 9.17) is 10.5 Å². The number of rotatable bonds is 2. The summed E-state index contributed by atoms with van der Waals surface area (Å²) in [6, 6.07) is 5.87. The first kappa shape index (κ1) is 13.1. The Morgan fingerprint density at radius 2 is 1.89 bits per heavy atom. The fourth-order valence-corrected chi connectivity index (χ4v) is 1.47. The van der Waals surface area contributed by atoms with Crippen LogP contribution in [-0.2, 0) is 6.18 Å². The van der Waals surface area contributed by atoms with Gasteiger partial charge in [-0.15, -0.1) is 0 Å². The molecule has 1 aromatic carbocycles. The van der Waals surface area contributed by atoms with Gasteiger partial charge in [0.15, 0.2) is 0 Å². The van der Waals surface area contributed by atoms with Crippen molar-refractivity contribution >= 4 is 5.82 Å². The number of nitrogen functional groups attached to an aromatic ring is 1. The SMILES string of the molecule is Cc1nc(N)cc(Oc2cccc(C(F)(F)F)c2)n1. The van der Waals surface area contributed by atoms with Gasteiger partial charge in [-0.3, -0.25) is 0 Å². The second-order valence-electron chi connectivity index (χ2n) is 3.81. The second kappa shape index (κ2) is 4.75. The summed E-state index contributed by atoms with van der Waals surface area (Å²) in [6.45, 7) is 1.61. The predicted octanol–water partition coefficient (Wildman–Crippen LogP) is 3.18. The van der Waals surface area contributed by atoms with Crippen molar-refractivity contribution in [3.05, 3.63) is 41.7 Å². The fourth-order valence-electron chi connectivity index (χ4n) is 1.47. The standard InChI is InChI=1S/C12H10F3N3O/c1-7-17-10(16)6-11(18-7)19-9-4-2-3-8(5-9)12(13,14)15/h2-6H,1H3,(H2,16,17,18). The number of alkyl halides is 3. The Hall–Kier alpha value is -2.31. The summed E-state index contributed by atoms with van der Waals surface area (Å²) in [7, 11) is 0. The summed E-state index contributed by atoms with van der Waals surface area (Å²) in [6.07, 6.45) is -4.42. The third-order valence-corrected chi connectivity index (χ3v) is 2.22. The Labute approximate surface area is 107 Å². The molecule has 0 aliphatic heterocycles. The van der Waals surface area contributed by atoms with E-state index >= 15 is 0 Å². The molecule has 2 aromatic rings. The minimum Gasteiger partial charge on any atom is -0.439 e. The molecule has 1 aromatic heterocycles. The van der Waals surface area contributed by atoms with Gasteiger partial charge in [-0.2, -0.15) is 18.2 Å². The molecule has 4 nitrogen and oxygen atoms in total. The molecule has 2 N–H and O–H groups in total. The van der Waals surface area contributed by atoms with Gasteiger partial charge in [-0.1, -0.05) is 6.07 Å². The van der Waals surface area contributed by atoms with E-state index < -0.39 is 11.7 Å². The van der Waals surface area contributed by atoms with Crippen LogP contribution < -0.4 is 10.5 Å². The van der Waals surface area contributed by atoms with Crippen molar-refractivity contribution in [1.82, 2.24) is 9.97 Å². The number of ether oxygens (including phenoxy) is 1. The Morgan fingerprint density at radius 1 is 1.16 bits per heavy atom. The minimum atomic E-state index is -4.42. The van der Waals surface area contributed by atoms with E-state index in [1.54, 1.807) is 6.92 Å². The average Bonchev–Trinajstić information content (AvgIpc) is 2.26. The van der Waals surface area contributed by atoms with Gasteiger partial charge in [-0.25, -0.2) is 4.98 Å². The third-order valence-electron chi connectivity index (χ3n) is 2.22. The van der Waals surface area contributed by atoms with Crippen molar-refractivity contribution in [1.29, 1.82) is 0 Å². The van der Waals surface area contributed by atoms with Crippen LogP contribution in [0.15, 0.2) is 30.3 Å². The number of aryl methyl sites for hydroxylation is 1. The van der Waals surface area contributed by atoms with Gasteiger partial charge in [0.05, 0.1) is 5.56 Å². The van der Waals surface area contributed by atoms with Crippen molar-refractivity contribution in [3.63, 3.8) is 0 Å². The van der Waals surface area contributed by atoms with Crippen LogP contribution in [0.25, 0.3) is 0 Å². The molecule has 0 spiro atoms. The van der Waals surface area contributed by atoms with Crippen LogP contribution in [0.4, 0.5) is 19.0 Å². The Balaban J connectivity index is 2.28. The minimum absolute atomic E-state index is 0.0346. The van der Waals surface area contributed by atoms with Crippen LogP contribution in [0.2, 0.25) is 0 Å². The summed E-state index contributed by atoms with van der Waals surface area (Å²) in [5.74, 6) is 0.702. The van der Waals surface area contributed by atoms with Gasteiger partial charge in [0.1, 0.15) is 17.4 Å². The molecule has 0 saturated heterocycles. The molecule has 1 heterocycles. The molecule has 19 heavy (non-hydrogen) atoms. The summed E-state index contributed by atoms with van der Waals surface area (Å²) < 4.78 is 42.8. The van der Waals surface area contributed by atoms with Crippen molar-refractivity contribution in [2.45, 2.75) is 13.1 Å². The highest BCUT2D eigenvalue weighted by molar-refractivity contribution is 5.37. The topological polar surface area (TPSA) is 61.0 Å². The number of anilines is 1. The lowest BCUT2D eigenvalue weighted by Gasteiger charge is -2.09. The van der Waals surface area contributed by atoms with Crippen LogP contribution in [0.1, 0.15) is 11.4 Å². The molecule has 0 fully saturated rings. The molecule has 100 valence electrons. The lowest BCUT2D eigenvalue weighted by molar-refractivity contribution is -0.137. The fraction of sp³-hybridized carbons (Fsp3) is 0.167. The second-order valence-corrected chi connectivity index (χ2v) is 3.81. The van der Waals surface area contributed by atoms with Gasteiger partial charge in [0, 0.05) is 6.07 Å². The maximum Gasteiger partial charge on any atom is 0.416 e. The summed E-state index contributed by atoms with van der Waals surface area (Å²) >= 11 is 0. The average molecular weight is 269 g/mol. The van der Waals surface area contributed by atoms with Crippen molar-refractivity contribution in [3.8, 4) is 11.6 Å². The molecule has 0 radical (unpaired) electrons. The number of nitrogens with zero attached hydrogens (tertiary/aromatic N) is 2. The number of hydrogen-bond acceptors (Lipinski definition) is 4. The number of benzene rings is 1. The quantitative estimate of drug-likeness (QED) is 0.909. The van der Waals surface area contributed by atoms with Crippen LogP contribution in [0, 0.1) is 6.92 Å². The van der Waals surface area contributed by atoms with Crippen molar-refractivity contribution < 1.29 is 17.9 Å². The summed E-state index contributed by atoms with van der Waals surface area (Å²) in [5.41, 5.74) is 4.71. The van der Waals surface area contributed by atoms with Crippen molar-refractivity contribution in [2.24, 2.45) is 0 Å². The third kappa shape index (κ3) is 3.34. The van der Waals surface area contributed by atoms with Gasteiger partial charge in [0.25, 0.3) is 0 Å². The highest BCUT2D eigenvalue weighted by atomic mass is 19.4. The molecular formula is C12H10F3N3O. The van der Waals surface area contributed by atoms with E-state index in [1.165, 1.54) is 18.2 Å². The predicted molar refractivity (Wildman–Crippen MR) is 62.7 cm³/mol. The van der Waals surface area contributed by atoms with Crippen LogP contribution in [0.5, 0.6) is 11.6 Å². The molecule has 7 heteroatoms. The Kier molecular flexibility index (Phi) is 3.28. The maximum atomic E-state index is 12.5. The highest BCUT2D eigenvalue weighted by Crippen LogP contribution is 2.32. The van der Waals surface area contributed by atoms with Crippen LogP contribution >= 0.6 is 0 Å². The zero-order valence-corrected chi connectivity index (χ0v) is 9.90. The van der Waals surface area contributed by atoms with Gasteiger partial charge < -0.3 is 10.5 Å². The highest BCUT2D eigenvalue weighted by Gasteiger charge is 2.30. The first-order valence-electron chi connectivity index (χ1n) is 5.31. The molecule has 0 bridgehead atoms. The number of nitrogens with two attached hydrogens (primary N) is 1. The number of hydrogen-bond donors (Lipinski definition) is 1. The van der Waals surface area contributed by atoms with Gasteiger partial charge in [0.2, 0.25) is 5.88 Å². The Morgan fingerprint density at radius 3 is 2.53 bits per heavy atom. The molecule has 0 saturated carbocycles. The monoisotopic (exact) mass is 269 g/mol. The smallest absolute Gasteiger partial charge is 0.416 e.